The number of hydrogen-bond acceptors (Lipinski definition) is 9. The zero-order valence-electron chi connectivity index (χ0n) is 17.1. The number of rotatable bonds is 10. The van der Waals surface area contributed by atoms with Crippen LogP contribution in [-0.2, 0) is 25.8 Å². The van der Waals surface area contributed by atoms with E-state index in [1.165, 1.54) is 31.6 Å². The highest BCUT2D eigenvalue weighted by molar-refractivity contribution is 7.93. The molecule has 0 radical (unpaired) electrons. The van der Waals surface area contributed by atoms with Crippen molar-refractivity contribution in [3.05, 3.63) is 23.2 Å². The monoisotopic (exact) mass is 456 g/mol. The Morgan fingerprint density at radius 3 is 2.37 bits per heavy atom. The number of methoxy groups -OCH3 is 2. The maximum atomic E-state index is 12.7. The molecule has 1 aromatic carbocycles. The Morgan fingerprint density at radius 1 is 1.10 bits per heavy atom. The molecule has 0 aliphatic rings. The highest BCUT2D eigenvalue weighted by atomic mass is 32.2. The second-order valence-corrected chi connectivity index (χ2v) is 9.41. The highest BCUT2D eigenvalue weighted by Crippen LogP contribution is 2.29. The molecule has 2 aromatic rings. The zero-order chi connectivity index (χ0) is 22.3. The molecule has 0 bridgehead atoms. The number of hydrogen-bond donors (Lipinski definition) is 2. The standard InChI is InChI=1S/C18H24N4O6S2/c1-5-14(17(24)20-18-22-21-16(6-2)29-18)30(25,26)10-15(23)19-11-7-8-12(27-3)13(9-11)28-4/h7-9,14H,5-6,10H2,1-4H3,(H,19,23)(H,20,22,24). The van der Waals surface area contributed by atoms with Gasteiger partial charge in [-0.25, -0.2) is 8.42 Å². The van der Waals surface area contributed by atoms with Crippen molar-refractivity contribution in [2.45, 2.75) is 31.9 Å². The molecule has 0 spiro atoms. The highest BCUT2D eigenvalue weighted by Gasteiger charge is 2.33. The molecule has 1 heterocycles. The molecular formula is C18H24N4O6S2. The third kappa shape index (κ3) is 5.89. The Hall–Kier alpha value is -2.73. The largest absolute Gasteiger partial charge is 0.493 e. The van der Waals surface area contributed by atoms with Crippen molar-refractivity contribution in [3.63, 3.8) is 0 Å². The summed E-state index contributed by atoms with van der Waals surface area (Å²) >= 11 is 1.17. The van der Waals surface area contributed by atoms with Gasteiger partial charge >= 0.3 is 0 Å². The Balaban J connectivity index is 2.07. The average Bonchev–Trinajstić information content (AvgIpc) is 3.14. The number of aromatic nitrogens is 2. The second kappa shape index (κ2) is 10.3. The van der Waals surface area contributed by atoms with Crippen LogP contribution in [-0.4, -0.2) is 55.7 Å². The van der Waals surface area contributed by atoms with Crippen LogP contribution in [0, 0.1) is 0 Å². The van der Waals surface area contributed by atoms with Crippen molar-refractivity contribution in [3.8, 4) is 11.5 Å². The molecule has 1 atom stereocenters. The number of anilines is 2. The van der Waals surface area contributed by atoms with E-state index in [-0.39, 0.29) is 11.6 Å². The van der Waals surface area contributed by atoms with Crippen molar-refractivity contribution in [2.75, 3.05) is 30.6 Å². The maximum absolute atomic E-state index is 12.7. The van der Waals surface area contributed by atoms with Crippen molar-refractivity contribution in [1.29, 1.82) is 0 Å². The van der Waals surface area contributed by atoms with Gasteiger partial charge in [0.2, 0.25) is 16.9 Å². The fourth-order valence-electron chi connectivity index (χ4n) is 2.63. The summed E-state index contributed by atoms with van der Waals surface area (Å²) < 4.78 is 35.6. The van der Waals surface area contributed by atoms with Crippen molar-refractivity contribution in [1.82, 2.24) is 10.2 Å². The minimum Gasteiger partial charge on any atom is -0.493 e. The van der Waals surface area contributed by atoms with Crippen LogP contribution in [0.3, 0.4) is 0 Å². The molecule has 10 nitrogen and oxygen atoms in total. The number of carbonyl (C=O) groups excluding carboxylic acids is 2. The molecule has 12 heteroatoms. The van der Waals surface area contributed by atoms with Gasteiger partial charge in [0.25, 0.3) is 0 Å². The van der Waals surface area contributed by atoms with E-state index in [4.69, 9.17) is 9.47 Å². The van der Waals surface area contributed by atoms with Crippen molar-refractivity contribution < 1.29 is 27.5 Å². The Kier molecular flexibility index (Phi) is 8.12. The zero-order valence-corrected chi connectivity index (χ0v) is 18.7. The lowest BCUT2D eigenvalue weighted by Crippen LogP contribution is -2.39. The molecule has 2 amide bonds. The predicted molar refractivity (Wildman–Crippen MR) is 114 cm³/mol. The predicted octanol–water partition coefficient (Wildman–Crippen LogP) is 1.89. The molecule has 1 unspecified atom stereocenters. The third-order valence-corrected chi connectivity index (χ3v) is 7.16. The molecule has 0 aliphatic heterocycles. The number of amides is 2. The normalized spacial score (nSPS) is 12.1. The summed E-state index contributed by atoms with van der Waals surface area (Å²) in [7, 11) is -1.14. The van der Waals surface area contributed by atoms with Crippen LogP contribution in [0.15, 0.2) is 18.2 Å². The van der Waals surface area contributed by atoms with Crippen LogP contribution in [0.1, 0.15) is 25.3 Å². The fourth-order valence-corrected chi connectivity index (χ4v) is 4.84. The first kappa shape index (κ1) is 23.5. The lowest BCUT2D eigenvalue weighted by atomic mass is 10.2. The smallest absolute Gasteiger partial charge is 0.244 e. The molecule has 2 N–H and O–H groups in total. The van der Waals surface area contributed by atoms with E-state index in [1.807, 2.05) is 6.92 Å². The maximum Gasteiger partial charge on any atom is 0.244 e. The Morgan fingerprint density at radius 2 is 1.80 bits per heavy atom. The van der Waals surface area contributed by atoms with Gasteiger partial charge < -0.3 is 14.8 Å². The van der Waals surface area contributed by atoms with Crippen LogP contribution >= 0.6 is 11.3 Å². The van der Waals surface area contributed by atoms with E-state index in [9.17, 15) is 18.0 Å². The number of nitrogens with one attached hydrogen (secondary N) is 2. The van der Waals surface area contributed by atoms with E-state index in [1.54, 1.807) is 19.1 Å². The Labute approximate surface area is 178 Å². The van der Waals surface area contributed by atoms with Gasteiger partial charge in [0.05, 0.1) is 14.2 Å². The van der Waals surface area contributed by atoms with Crippen LogP contribution in [0.25, 0.3) is 0 Å². The van der Waals surface area contributed by atoms with Gasteiger partial charge in [-0.1, -0.05) is 25.2 Å². The number of ether oxygens (including phenoxy) is 2. The van der Waals surface area contributed by atoms with Gasteiger partial charge in [-0.05, 0) is 25.0 Å². The summed E-state index contributed by atoms with van der Waals surface area (Å²) in [4.78, 5) is 24.8. The number of sulfone groups is 1. The van der Waals surface area contributed by atoms with Gasteiger partial charge in [0.1, 0.15) is 16.0 Å². The van der Waals surface area contributed by atoms with Gasteiger partial charge in [-0.2, -0.15) is 0 Å². The van der Waals surface area contributed by atoms with E-state index in [0.717, 1.165) is 5.01 Å². The molecular weight excluding hydrogens is 432 g/mol. The lowest BCUT2D eigenvalue weighted by Gasteiger charge is -2.15. The van der Waals surface area contributed by atoms with E-state index in [2.05, 4.69) is 20.8 Å². The van der Waals surface area contributed by atoms with Crippen LogP contribution in [0.4, 0.5) is 10.8 Å². The fraction of sp³-hybridized carbons (Fsp3) is 0.444. The van der Waals surface area contributed by atoms with E-state index in [0.29, 0.717) is 23.6 Å². The molecule has 1 aromatic heterocycles. The average molecular weight is 457 g/mol. The summed E-state index contributed by atoms with van der Waals surface area (Å²) in [6.45, 7) is 3.45. The number of nitrogens with zero attached hydrogens (tertiary/aromatic N) is 2. The molecule has 0 aliphatic carbocycles. The summed E-state index contributed by atoms with van der Waals surface area (Å²) in [5, 5.41) is 12.2. The summed E-state index contributed by atoms with van der Waals surface area (Å²) in [5.41, 5.74) is 0.339. The quantitative estimate of drug-likeness (QED) is 0.553. The summed E-state index contributed by atoms with van der Waals surface area (Å²) in [6.07, 6.45) is 0.663. The number of aryl methyl sites for hydroxylation is 1. The van der Waals surface area contributed by atoms with Gasteiger partial charge in [0.15, 0.2) is 21.3 Å². The van der Waals surface area contributed by atoms with Crippen molar-refractivity contribution in [2.24, 2.45) is 0 Å². The van der Waals surface area contributed by atoms with Crippen LogP contribution < -0.4 is 20.1 Å². The topological polar surface area (TPSA) is 137 Å². The number of benzene rings is 1. The Bertz CT molecular complexity index is 1010. The minimum atomic E-state index is -4.06. The first-order valence-corrected chi connectivity index (χ1v) is 11.6. The molecule has 0 saturated heterocycles. The molecule has 164 valence electrons. The SMILES string of the molecule is CCc1nnc(NC(=O)C(CC)S(=O)(=O)CC(=O)Nc2ccc(OC)c(OC)c2)s1. The van der Waals surface area contributed by atoms with Gasteiger partial charge in [-0.3, -0.25) is 14.9 Å². The molecule has 0 saturated carbocycles. The molecule has 2 rings (SSSR count). The summed E-state index contributed by atoms with van der Waals surface area (Å²) in [6, 6.07) is 4.64. The molecule has 0 fully saturated rings. The first-order valence-electron chi connectivity index (χ1n) is 9.10. The third-order valence-electron chi connectivity index (χ3n) is 4.10. The lowest BCUT2D eigenvalue weighted by molar-refractivity contribution is -0.115. The number of carbonyl (C=O) groups is 2. The second-order valence-electron chi connectivity index (χ2n) is 6.17. The van der Waals surface area contributed by atoms with E-state index < -0.39 is 32.7 Å². The van der Waals surface area contributed by atoms with Crippen LogP contribution in [0.5, 0.6) is 11.5 Å². The van der Waals surface area contributed by atoms with Crippen LogP contribution in [0.2, 0.25) is 0 Å². The van der Waals surface area contributed by atoms with E-state index >= 15 is 0 Å². The van der Waals surface area contributed by atoms with Crippen molar-refractivity contribution >= 4 is 43.8 Å². The minimum absolute atomic E-state index is 0.0112. The molecule has 30 heavy (non-hydrogen) atoms. The van der Waals surface area contributed by atoms with Gasteiger partial charge in [-0.15, -0.1) is 10.2 Å². The first-order chi connectivity index (χ1) is 14.2. The summed E-state index contributed by atoms with van der Waals surface area (Å²) in [5.74, 6) is -1.50. The van der Waals surface area contributed by atoms with Gasteiger partial charge in [0, 0.05) is 11.8 Å².